The minimum Gasteiger partial charge on any atom is -0.352 e. The van der Waals surface area contributed by atoms with Gasteiger partial charge in [0.1, 0.15) is 0 Å². The van der Waals surface area contributed by atoms with Crippen molar-refractivity contribution in [1.29, 1.82) is 0 Å². The number of carbonyl (C=O) groups excluding carboxylic acids is 1. The predicted octanol–water partition coefficient (Wildman–Crippen LogP) is 2.89. The molecule has 0 aliphatic heterocycles. The zero-order valence-corrected chi connectivity index (χ0v) is 13.2. The molecule has 0 spiro atoms. The quantitative estimate of drug-likeness (QED) is 0.875. The van der Waals surface area contributed by atoms with Crippen LogP contribution in [0.15, 0.2) is 30.3 Å². The Kier molecular flexibility index (Phi) is 5.80. The summed E-state index contributed by atoms with van der Waals surface area (Å²) >= 11 is 0. The Morgan fingerprint density at radius 3 is 2.71 bits per heavy atom. The molecule has 2 rings (SSSR count). The van der Waals surface area contributed by atoms with E-state index in [1.807, 2.05) is 18.2 Å². The molecular formula is C18H28N2O. The summed E-state index contributed by atoms with van der Waals surface area (Å²) in [6.45, 7) is 4.52. The lowest BCUT2D eigenvalue weighted by molar-refractivity contribution is -0.123. The molecule has 1 fully saturated rings. The molecule has 3 N–H and O–H groups in total. The van der Waals surface area contributed by atoms with Gasteiger partial charge in [0.25, 0.3) is 0 Å². The van der Waals surface area contributed by atoms with Crippen LogP contribution in [0, 0.1) is 11.8 Å². The van der Waals surface area contributed by atoms with E-state index in [0.717, 1.165) is 12.8 Å². The van der Waals surface area contributed by atoms with E-state index in [1.165, 1.54) is 18.4 Å². The highest BCUT2D eigenvalue weighted by Crippen LogP contribution is 2.29. The van der Waals surface area contributed by atoms with Crippen molar-refractivity contribution < 1.29 is 4.79 Å². The van der Waals surface area contributed by atoms with Crippen LogP contribution in [-0.2, 0) is 11.2 Å². The molecule has 3 nitrogen and oxygen atoms in total. The summed E-state index contributed by atoms with van der Waals surface area (Å²) in [5, 5.41) is 3.17. The van der Waals surface area contributed by atoms with E-state index in [2.05, 4.69) is 31.3 Å². The number of aryl methyl sites for hydroxylation is 1. The van der Waals surface area contributed by atoms with Crippen LogP contribution < -0.4 is 11.1 Å². The Morgan fingerprint density at radius 2 is 2.00 bits per heavy atom. The van der Waals surface area contributed by atoms with Crippen LogP contribution in [0.3, 0.4) is 0 Å². The van der Waals surface area contributed by atoms with Crippen LogP contribution in [0.25, 0.3) is 0 Å². The molecule has 0 bridgehead atoms. The monoisotopic (exact) mass is 288 g/mol. The number of hydrogen-bond acceptors (Lipinski definition) is 2. The molecular weight excluding hydrogens is 260 g/mol. The first-order chi connectivity index (χ1) is 10.1. The van der Waals surface area contributed by atoms with Crippen molar-refractivity contribution in [3.05, 3.63) is 35.9 Å². The van der Waals surface area contributed by atoms with Gasteiger partial charge in [0.15, 0.2) is 0 Å². The topological polar surface area (TPSA) is 55.1 Å². The lowest BCUT2D eigenvalue weighted by atomic mass is 9.78. The van der Waals surface area contributed by atoms with Gasteiger partial charge in [-0.15, -0.1) is 0 Å². The number of nitrogens with one attached hydrogen (secondary N) is 1. The Bertz CT molecular complexity index is 446. The van der Waals surface area contributed by atoms with Gasteiger partial charge in [-0.3, -0.25) is 4.79 Å². The van der Waals surface area contributed by atoms with Crippen molar-refractivity contribution in [2.75, 3.05) is 0 Å². The molecule has 1 aromatic rings. The maximum absolute atomic E-state index is 12.2. The fourth-order valence-corrected chi connectivity index (χ4v) is 3.17. The molecule has 4 atom stereocenters. The van der Waals surface area contributed by atoms with Crippen molar-refractivity contribution in [2.45, 2.75) is 58.0 Å². The smallest absolute Gasteiger partial charge is 0.237 e. The Labute approximate surface area is 128 Å². The molecule has 21 heavy (non-hydrogen) atoms. The standard InChI is InChI=1S/C18H28N2O/c1-13-7-6-10-17(14(13)2)20-18(21)16(19)12-11-15-8-4-3-5-9-15/h3-5,8-9,13-14,16-17H,6-7,10-12,19H2,1-2H3,(H,20,21). The highest BCUT2D eigenvalue weighted by atomic mass is 16.2. The summed E-state index contributed by atoms with van der Waals surface area (Å²) in [5.41, 5.74) is 7.29. The average molecular weight is 288 g/mol. The minimum absolute atomic E-state index is 0.0110. The zero-order valence-electron chi connectivity index (χ0n) is 13.2. The number of rotatable bonds is 5. The van der Waals surface area contributed by atoms with Gasteiger partial charge in [0.2, 0.25) is 5.91 Å². The second-order valence-corrected chi connectivity index (χ2v) is 6.51. The first-order valence-electron chi connectivity index (χ1n) is 8.18. The summed E-state index contributed by atoms with van der Waals surface area (Å²) in [4.78, 5) is 12.2. The summed E-state index contributed by atoms with van der Waals surface area (Å²) in [7, 11) is 0. The molecule has 1 aliphatic rings. The molecule has 0 aromatic heterocycles. The van der Waals surface area contributed by atoms with Crippen LogP contribution in [0.5, 0.6) is 0 Å². The number of carbonyl (C=O) groups is 1. The molecule has 4 unspecified atom stereocenters. The van der Waals surface area contributed by atoms with Crippen LogP contribution in [0.2, 0.25) is 0 Å². The van der Waals surface area contributed by atoms with Gasteiger partial charge < -0.3 is 11.1 Å². The highest BCUT2D eigenvalue weighted by Gasteiger charge is 2.29. The van der Waals surface area contributed by atoms with Gasteiger partial charge >= 0.3 is 0 Å². The molecule has 1 amide bonds. The summed E-state index contributed by atoms with van der Waals surface area (Å²) in [6.07, 6.45) is 5.12. The van der Waals surface area contributed by atoms with E-state index in [0.29, 0.717) is 24.3 Å². The van der Waals surface area contributed by atoms with Gasteiger partial charge in [-0.05, 0) is 36.7 Å². The first-order valence-corrected chi connectivity index (χ1v) is 8.18. The number of amides is 1. The van der Waals surface area contributed by atoms with Gasteiger partial charge in [-0.25, -0.2) is 0 Å². The van der Waals surface area contributed by atoms with Gasteiger partial charge in [-0.2, -0.15) is 0 Å². The Hall–Kier alpha value is -1.35. The second kappa shape index (κ2) is 7.60. The van der Waals surface area contributed by atoms with Crippen LogP contribution in [-0.4, -0.2) is 18.0 Å². The SMILES string of the molecule is CC1CCCC(NC(=O)C(N)CCc2ccccc2)C1C. The fraction of sp³-hybridized carbons (Fsp3) is 0.611. The number of benzene rings is 1. The Morgan fingerprint density at radius 1 is 1.29 bits per heavy atom. The van der Waals surface area contributed by atoms with Gasteiger partial charge in [0.05, 0.1) is 6.04 Å². The molecule has 0 saturated heterocycles. The third kappa shape index (κ3) is 4.57. The average Bonchev–Trinajstić information content (AvgIpc) is 2.50. The maximum atomic E-state index is 12.2. The van der Waals surface area contributed by atoms with Crippen molar-refractivity contribution in [2.24, 2.45) is 17.6 Å². The van der Waals surface area contributed by atoms with Crippen molar-refractivity contribution >= 4 is 5.91 Å². The molecule has 0 radical (unpaired) electrons. The second-order valence-electron chi connectivity index (χ2n) is 6.51. The minimum atomic E-state index is -0.408. The number of nitrogens with two attached hydrogens (primary N) is 1. The normalized spacial score (nSPS) is 27.1. The molecule has 1 aromatic carbocycles. The molecule has 1 aliphatic carbocycles. The predicted molar refractivity (Wildman–Crippen MR) is 86.8 cm³/mol. The van der Waals surface area contributed by atoms with E-state index < -0.39 is 6.04 Å². The van der Waals surface area contributed by atoms with Crippen LogP contribution in [0.1, 0.15) is 45.1 Å². The van der Waals surface area contributed by atoms with Crippen molar-refractivity contribution in [1.82, 2.24) is 5.32 Å². The van der Waals surface area contributed by atoms with Crippen molar-refractivity contribution in [3.63, 3.8) is 0 Å². The summed E-state index contributed by atoms with van der Waals surface area (Å²) in [6, 6.07) is 10.1. The van der Waals surface area contributed by atoms with Crippen LogP contribution >= 0.6 is 0 Å². The zero-order chi connectivity index (χ0) is 15.2. The maximum Gasteiger partial charge on any atom is 0.237 e. The van der Waals surface area contributed by atoms with Crippen LogP contribution in [0.4, 0.5) is 0 Å². The first kappa shape index (κ1) is 16.0. The molecule has 1 saturated carbocycles. The summed E-state index contributed by atoms with van der Waals surface area (Å²) in [5.74, 6) is 1.24. The van der Waals surface area contributed by atoms with E-state index >= 15 is 0 Å². The third-order valence-electron chi connectivity index (χ3n) is 4.96. The molecule has 116 valence electrons. The van der Waals surface area contributed by atoms with Gasteiger partial charge in [-0.1, -0.05) is 57.0 Å². The van der Waals surface area contributed by atoms with E-state index in [9.17, 15) is 4.79 Å². The lowest BCUT2D eigenvalue weighted by Gasteiger charge is -2.35. The van der Waals surface area contributed by atoms with E-state index in [1.54, 1.807) is 0 Å². The largest absolute Gasteiger partial charge is 0.352 e. The molecule has 0 heterocycles. The van der Waals surface area contributed by atoms with Gasteiger partial charge in [0, 0.05) is 6.04 Å². The van der Waals surface area contributed by atoms with E-state index in [4.69, 9.17) is 5.73 Å². The van der Waals surface area contributed by atoms with Crippen molar-refractivity contribution in [3.8, 4) is 0 Å². The number of hydrogen-bond donors (Lipinski definition) is 2. The Balaban J connectivity index is 1.79. The molecule has 3 heteroatoms. The summed E-state index contributed by atoms with van der Waals surface area (Å²) < 4.78 is 0. The third-order valence-corrected chi connectivity index (χ3v) is 4.96. The lowest BCUT2D eigenvalue weighted by Crippen LogP contribution is -2.49. The van der Waals surface area contributed by atoms with E-state index in [-0.39, 0.29) is 5.91 Å². The fourth-order valence-electron chi connectivity index (χ4n) is 3.17. The highest BCUT2D eigenvalue weighted by molar-refractivity contribution is 5.81.